The Labute approximate surface area is 155 Å². The molecule has 0 radical (unpaired) electrons. The van der Waals surface area contributed by atoms with Crippen LogP contribution in [0.4, 0.5) is 4.39 Å². The third-order valence-corrected chi connectivity index (χ3v) is 7.57. The average Bonchev–Trinajstić information content (AvgIpc) is 2.57. The lowest BCUT2D eigenvalue weighted by molar-refractivity contribution is 0.0426. The van der Waals surface area contributed by atoms with Crippen LogP contribution in [0, 0.1) is 11.2 Å². The van der Waals surface area contributed by atoms with Gasteiger partial charge in [-0.15, -0.1) is 0 Å². The summed E-state index contributed by atoms with van der Waals surface area (Å²) in [4.78, 5) is 2.42. The van der Waals surface area contributed by atoms with Gasteiger partial charge < -0.3 is 4.90 Å². The van der Waals surface area contributed by atoms with E-state index in [-0.39, 0.29) is 21.8 Å². The van der Waals surface area contributed by atoms with Crippen molar-refractivity contribution in [3.63, 3.8) is 0 Å². The maximum atomic E-state index is 14.0. The Balaban J connectivity index is 1.75. The maximum Gasteiger partial charge on any atom is 0.218 e. The predicted molar refractivity (Wildman–Crippen MR) is 98.6 cm³/mol. The zero-order valence-electron chi connectivity index (χ0n) is 14.7. The molecule has 0 aromatic heterocycles. The highest BCUT2D eigenvalue weighted by Gasteiger charge is 2.42. The molecule has 0 bridgehead atoms. The van der Waals surface area contributed by atoms with Crippen LogP contribution in [-0.2, 0) is 15.8 Å². The Kier molecular flexibility index (Phi) is 5.73. The number of rotatable bonds is 4. The average molecular weight is 389 g/mol. The molecule has 1 spiro atoms. The molecule has 2 saturated heterocycles. The van der Waals surface area contributed by atoms with Crippen molar-refractivity contribution in [3.8, 4) is 0 Å². The summed E-state index contributed by atoms with van der Waals surface area (Å²) in [7, 11) is -3.54. The molecule has 2 fully saturated rings. The van der Waals surface area contributed by atoms with Gasteiger partial charge in [-0.2, -0.15) is 0 Å². The van der Waals surface area contributed by atoms with E-state index in [4.69, 9.17) is 11.6 Å². The highest BCUT2D eigenvalue weighted by atomic mass is 35.5. The van der Waals surface area contributed by atoms with E-state index in [1.807, 2.05) is 0 Å². The summed E-state index contributed by atoms with van der Waals surface area (Å²) in [6, 6.07) is 4.17. The molecule has 1 atom stereocenters. The van der Waals surface area contributed by atoms with E-state index >= 15 is 0 Å². The van der Waals surface area contributed by atoms with E-state index in [0.717, 1.165) is 45.3 Å². The molecule has 4 nitrogen and oxygen atoms in total. The number of hydrogen-bond acceptors (Lipinski definition) is 3. The van der Waals surface area contributed by atoms with E-state index in [0.29, 0.717) is 13.1 Å². The minimum Gasteiger partial charge on any atom is -0.303 e. The van der Waals surface area contributed by atoms with Crippen LogP contribution in [0.1, 0.15) is 38.2 Å². The number of likely N-dealkylation sites (tertiary alicyclic amines) is 1. The number of sulfonamides is 1. The third kappa shape index (κ3) is 4.35. The highest BCUT2D eigenvalue weighted by molar-refractivity contribution is 7.88. The second-order valence-electron chi connectivity index (χ2n) is 7.40. The quantitative estimate of drug-likeness (QED) is 0.792. The molecule has 0 amide bonds. The van der Waals surface area contributed by atoms with Gasteiger partial charge in [0.15, 0.2) is 0 Å². The number of benzene rings is 1. The summed E-state index contributed by atoms with van der Waals surface area (Å²) in [5, 5.41) is 0.275. The number of nitrogens with zero attached hydrogens (tertiary/aromatic N) is 2. The number of hydrogen-bond donors (Lipinski definition) is 0. The Morgan fingerprint density at radius 1 is 1.20 bits per heavy atom. The van der Waals surface area contributed by atoms with E-state index in [2.05, 4.69) is 11.8 Å². The summed E-state index contributed by atoms with van der Waals surface area (Å²) in [5.41, 5.74) is 0.237. The standard InChI is InChI=1S/C18H26ClFN2O2S/c1-2-21-9-3-7-18(13-21)8-4-10-22(14-18)25(23,24)12-15-5-6-16(19)11-17(15)20/h5-6,11H,2-4,7-10,12-14H2,1H3. The summed E-state index contributed by atoms with van der Waals surface area (Å²) < 4.78 is 41.4. The minimum absolute atomic E-state index is 0.0537. The van der Waals surface area contributed by atoms with Gasteiger partial charge in [0.25, 0.3) is 0 Å². The largest absolute Gasteiger partial charge is 0.303 e. The maximum absolute atomic E-state index is 14.0. The molecule has 140 valence electrons. The monoisotopic (exact) mass is 388 g/mol. The molecule has 2 heterocycles. The molecule has 0 N–H and O–H groups in total. The van der Waals surface area contributed by atoms with Crippen LogP contribution in [0.3, 0.4) is 0 Å². The first-order valence-corrected chi connectivity index (χ1v) is 11.0. The molecule has 1 aromatic rings. The van der Waals surface area contributed by atoms with Crippen LogP contribution in [0.15, 0.2) is 18.2 Å². The van der Waals surface area contributed by atoms with Gasteiger partial charge in [-0.05, 0) is 56.3 Å². The summed E-state index contributed by atoms with van der Waals surface area (Å²) in [5.74, 6) is -0.860. The fraction of sp³-hybridized carbons (Fsp3) is 0.667. The zero-order valence-corrected chi connectivity index (χ0v) is 16.3. The molecule has 3 rings (SSSR count). The molecular formula is C18H26ClFN2O2S. The third-order valence-electron chi connectivity index (χ3n) is 5.56. The summed E-state index contributed by atoms with van der Waals surface area (Å²) in [6.45, 7) is 6.31. The fourth-order valence-electron chi connectivity index (χ4n) is 4.24. The van der Waals surface area contributed by atoms with Crippen LogP contribution in [0.2, 0.25) is 5.02 Å². The Morgan fingerprint density at radius 2 is 1.92 bits per heavy atom. The van der Waals surface area contributed by atoms with Gasteiger partial charge in [0.1, 0.15) is 5.82 Å². The van der Waals surface area contributed by atoms with Crippen LogP contribution in [0.25, 0.3) is 0 Å². The second kappa shape index (κ2) is 7.51. The van der Waals surface area contributed by atoms with E-state index in [1.165, 1.54) is 18.2 Å². The molecule has 0 aliphatic carbocycles. The molecule has 25 heavy (non-hydrogen) atoms. The van der Waals surface area contributed by atoms with Crippen molar-refractivity contribution < 1.29 is 12.8 Å². The van der Waals surface area contributed by atoms with Crippen molar-refractivity contribution >= 4 is 21.6 Å². The Morgan fingerprint density at radius 3 is 2.60 bits per heavy atom. The van der Waals surface area contributed by atoms with Crippen molar-refractivity contribution in [1.29, 1.82) is 0 Å². The lowest BCUT2D eigenvalue weighted by Crippen LogP contribution is -2.53. The van der Waals surface area contributed by atoms with Gasteiger partial charge in [0, 0.05) is 30.2 Å². The van der Waals surface area contributed by atoms with Crippen LogP contribution < -0.4 is 0 Å². The van der Waals surface area contributed by atoms with Gasteiger partial charge in [-0.25, -0.2) is 17.1 Å². The summed E-state index contributed by atoms with van der Waals surface area (Å²) >= 11 is 5.76. The molecule has 7 heteroatoms. The van der Waals surface area contributed by atoms with E-state index in [9.17, 15) is 12.8 Å². The highest BCUT2D eigenvalue weighted by Crippen LogP contribution is 2.39. The predicted octanol–water partition coefficient (Wildman–Crippen LogP) is 3.51. The lowest BCUT2D eigenvalue weighted by atomic mass is 9.74. The van der Waals surface area contributed by atoms with Gasteiger partial charge in [0.2, 0.25) is 10.0 Å². The molecular weight excluding hydrogens is 363 g/mol. The van der Waals surface area contributed by atoms with Crippen LogP contribution in [0.5, 0.6) is 0 Å². The summed E-state index contributed by atoms with van der Waals surface area (Å²) in [6.07, 6.45) is 4.14. The fourth-order valence-corrected chi connectivity index (χ4v) is 6.09. The molecule has 2 aliphatic heterocycles. The smallest absolute Gasteiger partial charge is 0.218 e. The first-order chi connectivity index (χ1) is 11.8. The van der Waals surface area contributed by atoms with Crippen molar-refractivity contribution in [2.45, 2.75) is 38.4 Å². The van der Waals surface area contributed by atoms with Crippen molar-refractivity contribution in [2.75, 3.05) is 32.7 Å². The minimum atomic E-state index is -3.54. The molecule has 1 aromatic carbocycles. The normalized spacial score (nSPS) is 26.2. The van der Waals surface area contributed by atoms with Crippen LogP contribution >= 0.6 is 11.6 Å². The SMILES string of the molecule is CCN1CCCC2(CCCN(S(=O)(=O)Cc3ccc(Cl)cc3F)C2)C1. The van der Waals surface area contributed by atoms with Gasteiger partial charge in [0.05, 0.1) is 5.75 Å². The number of halogens is 2. The van der Waals surface area contributed by atoms with Gasteiger partial charge >= 0.3 is 0 Å². The molecule has 2 aliphatic rings. The Hall–Kier alpha value is -0.690. The van der Waals surface area contributed by atoms with Crippen molar-refractivity contribution in [3.05, 3.63) is 34.6 Å². The van der Waals surface area contributed by atoms with Crippen molar-refractivity contribution in [2.24, 2.45) is 5.41 Å². The zero-order chi connectivity index (χ0) is 18.1. The van der Waals surface area contributed by atoms with Gasteiger partial charge in [-0.3, -0.25) is 0 Å². The van der Waals surface area contributed by atoms with E-state index < -0.39 is 15.8 Å². The first-order valence-electron chi connectivity index (χ1n) is 8.98. The molecule has 0 saturated carbocycles. The second-order valence-corrected chi connectivity index (χ2v) is 9.81. The van der Waals surface area contributed by atoms with Gasteiger partial charge in [-0.1, -0.05) is 24.6 Å². The number of piperidine rings is 2. The van der Waals surface area contributed by atoms with Crippen LogP contribution in [-0.4, -0.2) is 50.3 Å². The Bertz CT molecular complexity index is 724. The van der Waals surface area contributed by atoms with E-state index in [1.54, 1.807) is 4.31 Å². The lowest BCUT2D eigenvalue weighted by Gasteiger charge is -2.48. The first kappa shape index (κ1) is 19.1. The topological polar surface area (TPSA) is 40.6 Å². The molecule has 1 unspecified atom stereocenters. The van der Waals surface area contributed by atoms with Crippen molar-refractivity contribution in [1.82, 2.24) is 9.21 Å².